The zero-order valence-corrected chi connectivity index (χ0v) is 13.8. The van der Waals surface area contributed by atoms with Gasteiger partial charge in [0.1, 0.15) is 12.6 Å². The van der Waals surface area contributed by atoms with Crippen molar-refractivity contribution < 1.29 is 14.7 Å². The highest BCUT2D eigenvalue weighted by Crippen LogP contribution is 2.22. The first-order valence-corrected chi connectivity index (χ1v) is 8.35. The van der Waals surface area contributed by atoms with E-state index in [4.69, 9.17) is 5.11 Å². The molecule has 23 heavy (non-hydrogen) atoms. The average Bonchev–Trinajstić information content (AvgIpc) is 2.98. The fourth-order valence-corrected chi connectivity index (χ4v) is 3.92. The summed E-state index contributed by atoms with van der Waals surface area (Å²) in [6, 6.07) is 3.61. The number of nitrogens with zero attached hydrogens (tertiary/aromatic N) is 3. The number of likely N-dealkylation sites (N-methyl/N-ethyl adjacent to an activating group) is 1. The van der Waals surface area contributed by atoms with E-state index in [0.29, 0.717) is 13.1 Å². The van der Waals surface area contributed by atoms with E-state index in [9.17, 15) is 9.59 Å². The third kappa shape index (κ3) is 3.39. The van der Waals surface area contributed by atoms with E-state index in [1.54, 1.807) is 23.3 Å². The van der Waals surface area contributed by atoms with Crippen LogP contribution in [0.25, 0.3) is 0 Å². The highest BCUT2D eigenvalue weighted by Gasteiger charge is 2.41. The number of piperazine rings is 2. The molecule has 122 valence electrons. The minimum Gasteiger partial charge on any atom is -0.384 e. The number of hydrogen-bond acceptors (Lipinski definition) is 5. The molecule has 2 aliphatic rings. The Labute approximate surface area is 139 Å². The highest BCUT2D eigenvalue weighted by atomic mass is 32.1. The second kappa shape index (κ2) is 6.71. The fourth-order valence-electron chi connectivity index (χ4n) is 3.00. The molecule has 3 rings (SSSR count). The van der Waals surface area contributed by atoms with Crippen molar-refractivity contribution in [3.8, 4) is 11.8 Å². The van der Waals surface area contributed by atoms with Crippen molar-refractivity contribution in [2.45, 2.75) is 12.6 Å². The van der Waals surface area contributed by atoms with Gasteiger partial charge in [-0.2, -0.15) is 0 Å². The monoisotopic (exact) mass is 333 g/mol. The first kappa shape index (κ1) is 16.0. The Morgan fingerprint density at radius 3 is 2.96 bits per heavy atom. The topological polar surface area (TPSA) is 64.1 Å². The van der Waals surface area contributed by atoms with Gasteiger partial charge in [-0.3, -0.25) is 14.5 Å². The summed E-state index contributed by atoms with van der Waals surface area (Å²) in [5.41, 5.74) is 0. The van der Waals surface area contributed by atoms with E-state index in [2.05, 4.69) is 16.7 Å². The first-order valence-electron chi connectivity index (χ1n) is 7.53. The fraction of sp³-hybridized carbons (Fsp3) is 0.500. The number of amides is 2. The number of rotatable bonds is 2. The van der Waals surface area contributed by atoms with Crippen molar-refractivity contribution in [3.63, 3.8) is 0 Å². The lowest BCUT2D eigenvalue weighted by Gasteiger charge is -2.45. The molecule has 0 saturated carbocycles. The van der Waals surface area contributed by atoms with Gasteiger partial charge in [0, 0.05) is 38.1 Å². The normalized spacial score (nSPS) is 21.9. The molecule has 0 aromatic carbocycles. The van der Waals surface area contributed by atoms with Crippen LogP contribution in [0.1, 0.15) is 9.75 Å². The molecule has 1 aromatic rings. The summed E-state index contributed by atoms with van der Waals surface area (Å²) in [7, 11) is 1.68. The molecule has 6 nitrogen and oxygen atoms in total. The molecule has 7 heteroatoms. The lowest BCUT2D eigenvalue weighted by Crippen LogP contribution is -2.65. The largest absolute Gasteiger partial charge is 0.384 e. The Morgan fingerprint density at radius 2 is 2.17 bits per heavy atom. The lowest BCUT2D eigenvalue weighted by atomic mass is 10.1. The minimum atomic E-state index is -0.358. The quantitative estimate of drug-likeness (QED) is 0.747. The summed E-state index contributed by atoms with van der Waals surface area (Å²) in [6.45, 7) is 2.75. The van der Waals surface area contributed by atoms with Crippen molar-refractivity contribution in [2.24, 2.45) is 0 Å². The lowest BCUT2D eigenvalue weighted by molar-refractivity contribution is -0.158. The number of carbonyl (C=O) groups is 2. The number of aliphatic hydroxyl groups excluding tert-OH is 1. The molecular weight excluding hydrogens is 314 g/mol. The maximum Gasteiger partial charge on any atom is 0.246 e. The van der Waals surface area contributed by atoms with Crippen molar-refractivity contribution >= 4 is 23.2 Å². The molecule has 0 bridgehead atoms. The van der Waals surface area contributed by atoms with Crippen LogP contribution in [0.4, 0.5) is 0 Å². The van der Waals surface area contributed by atoms with Gasteiger partial charge >= 0.3 is 0 Å². The second-order valence-corrected chi connectivity index (χ2v) is 6.93. The molecule has 1 N–H and O–H groups in total. The van der Waals surface area contributed by atoms with Gasteiger partial charge in [0.25, 0.3) is 0 Å². The third-order valence-corrected chi connectivity index (χ3v) is 5.14. The van der Waals surface area contributed by atoms with Crippen LogP contribution in [0.5, 0.6) is 0 Å². The number of thiophene rings is 1. The molecule has 0 spiro atoms. The summed E-state index contributed by atoms with van der Waals surface area (Å²) in [6.07, 6.45) is 0. The number of hydrogen-bond donors (Lipinski definition) is 1. The van der Waals surface area contributed by atoms with Crippen LogP contribution in [0.15, 0.2) is 12.1 Å². The molecule has 0 radical (unpaired) electrons. The van der Waals surface area contributed by atoms with Gasteiger partial charge in [0.2, 0.25) is 11.8 Å². The van der Waals surface area contributed by atoms with Crippen LogP contribution in [0.3, 0.4) is 0 Å². The van der Waals surface area contributed by atoms with Crippen molar-refractivity contribution in [1.82, 2.24) is 14.7 Å². The van der Waals surface area contributed by atoms with Gasteiger partial charge in [-0.05, 0) is 12.1 Å². The Morgan fingerprint density at radius 1 is 1.35 bits per heavy atom. The molecule has 3 heterocycles. The highest BCUT2D eigenvalue weighted by molar-refractivity contribution is 7.12. The summed E-state index contributed by atoms with van der Waals surface area (Å²) in [5, 5.41) is 8.73. The molecule has 0 aliphatic carbocycles. The van der Waals surface area contributed by atoms with Crippen molar-refractivity contribution in [1.29, 1.82) is 0 Å². The van der Waals surface area contributed by atoms with E-state index in [0.717, 1.165) is 18.0 Å². The first-order chi connectivity index (χ1) is 11.1. The molecule has 2 aliphatic heterocycles. The van der Waals surface area contributed by atoms with Crippen LogP contribution >= 0.6 is 11.3 Å². The van der Waals surface area contributed by atoms with E-state index in [1.165, 1.54) is 9.78 Å². The van der Waals surface area contributed by atoms with Crippen LogP contribution in [-0.4, -0.2) is 77.5 Å². The molecule has 2 saturated heterocycles. The Balaban J connectivity index is 1.65. The van der Waals surface area contributed by atoms with E-state index in [-0.39, 0.29) is 31.0 Å². The summed E-state index contributed by atoms with van der Waals surface area (Å²) in [4.78, 5) is 31.9. The SMILES string of the molecule is CN1CC(=O)N2CCN(Cc3ccc(C#CCO)s3)C[C@@H]2C1=O. The number of aliphatic hydroxyl groups is 1. The van der Waals surface area contributed by atoms with E-state index in [1.807, 2.05) is 12.1 Å². The van der Waals surface area contributed by atoms with Crippen LogP contribution in [0, 0.1) is 11.8 Å². The van der Waals surface area contributed by atoms with Gasteiger partial charge in [-0.25, -0.2) is 0 Å². The smallest absolute Gasteiger partial charge is 0.246 e. The maximum atomic E-state index is 12.3. The molecular formula is C16H19N3O3S. The predicted molar refractivity (Wildman–Crippen MR) is 86.7 cm³/mol. The summed E-state index contributed by atoms with van der Waals surface area (Å²) >= 11 is 1.60. The van der Waals surface area contributed by atoms with Gasteiger partial charge in [-0.1, -0.05) is 11.8 Å². The van der Waals surface area contributed by atoms with Gasteiger partial charge in [-0.15, -0.1) is 11.3 Å². The average molecular weight is 333 g/mol. The van der Waals surface area contributed by atoms with E-state index < -0.39 is 0 Å². The van der Waals surface area contributed by atoms with Crippen LogP contribution < -0.4 is 0 Å². The Bertz CT molecular complexity index is 676. The third-order valence-electron chi connectivity index (χ3n) is 4.15. The second-order valence-electron chi connectivity index (χ2n) is 5.76. The van der Waals surface area contributed by atoms with Crippen molar-refractivity contribution in [3.05, 3.63) is 21.9 Å². The standard InChI is InChI=1S/C16H19N3O3S/c1-17-11-15(21)19-7-6-18(10-14(19)16(17)22)9-13-5-4-12(23-13)3-2-8-20/h4-5,14,20H,6-11H2,1H3/t14-/m1/s1. The van der Waals surface area contributed by atoms with Crippen molar-refractivity contribution in [2.75, 3.05) is 39.8 Å². The van der Waals surface area contributed by atoms with E-state index >= 15 is 0 Å². The molecule has 1 atom stereocenters. The summed E-state index contributed by atoms with van der Waals surface area (Å²) in [5.74, 6) is 5.60. The molecule has 0 unspecified atom stereocenters. The van der Waals surface area contributed by atoms with Gasteiger partial charge < -0.3 is 14.9 Å². The van der Waals surface area contributed by atoms with Gasteiger partial charge in [0.15, 0.2) is 0 Å². The van der Waals surface area contributed by atoms with Gasteiger partial charge in [0.05, 0.1) is 11.4 Å². The Kier molecular flexibility index (Phi) is 4.66. The minimum absolute atomic E-state index is 0.0231. The molecule has 1 aromatic heterocycles. The molecule has 2 amide bonds. The summed E-state index contributed by atoms with van der Waals surface area (Å²) < 4.78 is 0. The predicted octanol–water partition coefficient (Wildman–Crippen LogP) is -0.423. The zero-order valence-electron chi connectivity index (χ0n) is 13.0. The number of fused-ring (bicyclic) bond motifs is 1. The maximum absolute atomic E-state index is 12.3. The number of carbonyl (C=O) groups excluding carboxylic acids is 2. The van der Waals surface area contributed by atoms with Crippen LogP contribution in [0.2, 0.25) is 0 Å². The molecule has 2 fully saturated rings. The Hall–Kier alpha value is -1.88. The van der Waals surface area contributed by atoms with Crippen LogP contribution in [-0.2, 0) is 16.1 Å². The zero-order chi connectivity index (χ0) is 16.4.